The molecule has 142 valence electrons. The number of nitrogens with zero attached hydrogens (tertiary/aromatic N) is 1. The van der Waals surface area contributed by atoms with E-state index in [4.69, 9.17) is 0 Å². The smallest absolute Gasteiger partial charge is 0.251 e. The first-order valence-corrected chi connectivity index (χ1v) is 10.2. The minimum absolute atomic E-state index is 0.0766. The fourth-order valence-corrected chi connectivity index (χ4v) is 4.15. The van der Waals surface area contributed by atoms with Crippen LogP contribution in [0.5, 0.6) is 0 Å². The fraction of sp³-hybridized carbons (Fsp3) is 0.471. The summed E-state index contributed by atoms with van der Waals surface area (Å²) in [6.45, 7) is -0.424. The molecular weight excluding hydrogens is 358 g/mol. The van der Waals surface area contributed by atoms with Crippen molar-refractivity contribution >= 4 is 27.6 Å². The van der Waals surface area contributed by atoms with Crippen molar-refractivity contribution in [1.82, 2.24) is 15.5 Å². The van der Waals surface area contributed by atoms with Gasteiger partial charge in [0.25, 0.3) is 5.91 Å². The highest BCUT2D eigenvalue weighted by Gasteiger charge is 2.28. The van der Waals surface area contributed by atoms with E-state index >= 15 is 0 Å². The van der Waals surface area contributed by atoms with Gasteiger partial charge in [-0.15, -0.1) is 0 Å². The van der Waals surface area contributed by atoms with Gasteiger partial charge in [-0.2, -0.15) is 0 Å². The third-order valence-corrected chi connectivity index (χ3v) is 6.06. The van der Waals surface area contributed by atoms with Gasteiger partial charge in [0.05, 0.1) is 24.6 Å². The maximum absolute atomic E-state index is 12.1. The summed E-state index contributed by atoms with van der Waals surface area (Å²) in [5.41, 5.74) is 0.448. The van der Waals surface area contributed by atoms with Gasteiger partial charge in [0.15, 0.2) is 0 Å². The second-order valence-electron chi connectivity index (χ2n) is 6.21. The average Bonchev–Trinajstić information content (AvgIpc) is 2.64. The van der Waals surface area contributed by atoms with Crippen LogP contribution in [0.25, 0.3) is 0 Å². The highest BCUT2D eigenvalue weighted by Crippen LogP contribution is 2.16. The topological polar surface area (TPSA) is 113 Å². The van der Waals surface area contributed by atoms with Crippen LogP contribution in [0.3, 0.4) is 0 Å². The van der Waals surface area contributed by atoms with Crippen LogP contribution >= 0.6 is 0 Å². The Kier molecular flexibility index (Phi) is 6.73. The molecule has 0 saturated carbocycles. The number of nitrogens with one attached hydrogen (secondary N) is 2. The van der Waals surface area contributed by atoms with Crippen molar-refractivity contribution in [3.05, 3.63) is 35.9 Å². The van der Waals surface area contributed by atoms with Gasteiger partial charge in [-0.25, -0.2) is 8.42 Å². The van der Waals surface area contributed by atoms with E-state index in [1.54, 1.807) is 37.4 Å². The lowest BCUT2D eigenvalue weighted by Gasteiger charge is -2.31. The van der Waals surface area contributed by atoms with E-state index in [9.17, 15) is 22.8 Å². The SMILES string of the molecule is CN(C(=O)CNC(=O)CNC(=O)c1ccccc1)C1CCS(=O)(=O)CC1. The van der Waals surface area contributed by atoms with Crippen molar-refractivity contribution in [3.63, 3.8) is 0 Å². The van der Waals surface area contributed by atoms with Crippen molar-refractivity contribution < 1.29 is 22.8 Å². The predicted octanol–water partition coefficient (Wildman–Crippen LogP) is -0.432. The summed E-state index contributed by atoms with van der Waals surface area (Å²) in [7, 11) is -1.38. The Morgan fingerprint density at radius 3 is 2.27 bits per heavy atom. The summed E-state index contributed by atoms with van der Waals surface area (Å²) in [6, 6.07) is 8.36. The molecule has 1 aliphatic rings. The minimum Gasteiger partial charge on any atom is -0.345 e. The largest absolute Gasteiger partial charge is 0.345 e. The average molecular weight is 381 g/mol. The molecule has 2 N–H and O–H groups in total. The standard InChI is InChI=1S/C17H23N3O5S/c1-20(14-7-9-26(24,25)10-8-14)16(22)12-18-15(21)11-19-17(23)13-5-3-2-4-6-13/h2-6,14H,7-12H2,1H3,(H,18,21)(H,19,23). The number of hydrogen-bond donors (Lipinski definition) is 2. The zero-order valence-corrected chi connectivity index (χ0v) is 15.4. The van der Waals surface area contributed by atoms with Gasteiger partial charge >= 0.3 is 0 Å². The Morgan fingerprint density at radius 1 is 1.04 bits per heavy atom. The number of benzene rings is 1. The predicted molar refractivity (Wildman–Crippen MR) is 96.2 cm³/mol. The number of carbonyl (C=O) groups excluding carboxylic acids is 3. The minimum atomic E-state index is -2.99. The highest BCUT2D eigenvalue weighted by molar-refractivity contribution is 7.91. The van der Waals surface area contributed by atoms with Crippen LogP contribution in [0.4, 0.5) is 0 Å². The summed E-state index contributed by atoms with van der Waals surface area (Å²) >= 11 is 0. The molecule has 0 aliphatic carbocycles. The normalized spacial score (nSPS) is 16.5. The molecule has 26 heavy (non-hydrogen) atoms. The number of rotatable bonds is 6. The van der Waals surface area contributed by atoms with E-state index in [0.29, 0.717) is 18.4 Å². The van der Waals surface area contributed by atoms with E-state index in [2.05, 4.69) is 10.6 Å². The quantitative estimate of drug-likeness (QED) is 0.694. The maximum atomic E-state index is 12.1. The molecule has 1 aliphatic heterocycles. The lowest BCUT2D eigenvalue weighted by atomic mass is 10.1. The van der Waals surface area contributed by atoms with Gasteiger partial charge in [0.2, 0.25) is 11.8 Å². The lowest BCUT2D eigenvalue weighted by molar-refractivity contribution is -0.133. The molecule has 1 aromatic rings. The third kappa shape index (κ3) is 5.83. The van der Waals surface area contributed by atoms with Gasteiger partial charge in [-0.05, 0) is 25.0 Å². The Bertz CT molecular complexity index is 750. The zero-order valence-electron chi connectivity index (χ0n) is 14.6. The summed E-state index contributed by atoms with van der Waals surface area (Å²) in [5, 5.41) is 4.94. The lowest BCUT2D eigenvalue weighted by Crippen LogP contribution is -2.47. The molecule has 8 nitrogen and oxygen atoms in total. The molecule has 2 rings (SSSR count). The van der Waals surface area contributed by atoms with Crippen LogP contribution in [-0.2, 0) is 19.4 Å². The zero-order chi connectivity index (χ0) is 19.2. The molecule has 9 heteroatoms. The van der Waals surface area contributed by atoms with E-state index in [1.165, 1.54) is 4.90 Å². The molecule has 1 heterocycles. The Morgan fingerprint density at radius 2 is 1.65 bits per heavy atom. The first-order valence-electron chi connectivity index (χ1n) is 8.34. The highest BCUT2D eigenvalue weighted by atomic mass is 32.2. The number of carbonyl (C=O) groups is 3. The fourth-order valence-electron chi connectivity index (χ4n) is 2.68. The number of hydrogen-bond acceptors (Lipinski definition) is 5. The summed E-state index contributed by atoms with van der Waals surface area (Å²) < 4.78 is 22.9. The molecule has 0 radical (unpaired) electrons. The van der Waals surface area contributed by atoms with Crippen molar-refractivity contribution in [2.75, 3.05) is 31.6 Å². The van der Waals surface area contributed by atoms with Gasteiger partial charge in [-0.1, -0.05) is 18.2 Å². The summed E-state index contributed by atoms with van der Waals surface area (Å²) in [6.07, 6.45) is 0.817. The number of sulfone groups is 1. The van der Waals surface area contributed by atoms with Gasteiger partial charge < -0.3 is 15.5 Å². The molecule has 3 amide bonds. The molecule has 0 aromatic heterocycles. The molecule has 1 fully saturated rings. The third-order valence-electron chi connectivity index (χ3n) is 4.35. The summed E-state index contributed by atoms with van der Waals surface area (Å²) in [4.78, 5) is 37.3. The monoisotopic (exact) mass is 381 g/mol. The van der Waals surface area contributed by atoms with Crippen LogP contribution in [-0.4, -0.2) is 68.7 Å². The van der Waals surface area contributed by atoms with Crippen LogP contribution < -0.4 is 10.6 Å². The van der Waals surface area contributed by atoms with E-state index in [1.807, 2.05) is 0 Å². The van der Waals surface area contributed by atoms with Crippen LogP contribution in [0.1, 0.15) is 23.2 Å². The summed E-state index contributed by atoms with van der Waals surface area (Å²) in [5.74, 6) is -0.979. The Hall–Kier alpha value is -2.42. The molecule has 0 spiro atoms. The van der Waals surface area contributed by atoms with Gasteiger partial charge in [-0.3, -0.25) is 14.4 Å². The molecule has 1 aromatic carbocycles. The number of amides is 3. The molecule has 0 bridgehead atoms. The van der Waals surface area contributed by atoms with Crippen molar-refractivity contribution in [3.8, 4) is 0 Å². The first kappa shape index (κ1) is 19.9. The van der Waals surface area contributed by atoms with Crippen molar-refractivity contribution in [2.45, 2.75) is 18.9 Å². The molecular formula is C17H23N3O5S. The maximum Gasteiger partial charge on any atom is 0.251 e. The van der Waals surface area contributed by atoms with E-state index in [-0.39, 0.29) is 42.5 Å². The van der Waals surface area contributed by atoms with E-state index < -0.39 is 15.7 Å². The molecule has 1 saturated heterocycles. The van der Waals surface area contributed by atoms with Gasteiger partial charge in [0, 0.05) is 18.7 Å². The van der Waals surface area contributed by atoms with Crippen molar-refractivity contribution in [1.29, 1.82) is 0 Å². The van der Waals surface area contributed by atoms with Gasteiger partial charge in [0.1, 0.15) is 9.84 Å². The second-order valence-corrected chi connectivity index (χ2v) is 8.52. The van der Waals surface area contributed by atoms with E-state index in [0.717, 1.165) is 0 Å². The van der Waals surface area contributed by atoms with Crippen LogP contribution in [0.2, 0.25) is 0 Å². The Labute approximate surface area is 152 Å². The number of likely N-dealkylation sites (N-methyl/N-ethyl adjacent to an activating group) is 1. The second kappa shape index (κ2) is 8.79. The first-order chi connectivity index (χ1) is 12.3. The van der Waals surface area contributed by atoms with Crippen LogP contribution in [0.15, 0.2) is 30.3 Å². The molecule has 0 atom stereocenters. The molecule has 0 unspecified atom stereocenters. The Balaban J connectivity index is 1.71. The van der Waals surface area contributed by atoms with Crippen LogP contribution in [0, 0.1) is 0 Å². The van der Waals surface area contributed by atoms with Crippen molar-refractivity contribution in [2.24, 2.45) is 0 Å².